The van der Waals surface area contributed by atoms with E-state index in [0.29, 0.717) is 28.1 Å². The first-order valence-corrected chi connectivity index (χ1v) is 11.2. The van der Waals surface area contributed by atoms with E-state index in [1.807, 2.05) is 65.4 Å². The largest absolute Gasteiger partial charge is 0.497 e. The highest BCUT2D eigenvalue weighted by Crippen LogP contribution is 2.31. The minimum Gasteiger partial charge on any atom is -0.497 e. The van der Waals surface area contributed by atoms with Gasteiger partial charge >= 0.3 is 5.97 Å². The van der Waals surface area contributed by atoms with Gasteiger partial charge in [0.1, 0.15) is 11.5 Å². The Labute approximate surface area is 198 Å². The summed E-state index contributed by atoms with van der Waals surface area (Å²) in [6, 6.07) is 18.2. The molecule has 1 fully saturated rings. The smallest absolute Gasteiger partial charge is 0.371 e. The van der Waals surface area contributed by atoms with Crippen LogP contribution in [0, 0.1) is 0 Å². The number of aliphatic imine (C=N–C) groups is 1. The number of furan rings is 1. The molecule has 9 heteroatoms. The van der Waals surface area contributed by atoms with Crippen molar-refractivity contribution in [3.05, 3.63) is 88.8 Å². The van der Waals surface area contributed by atoms with Crippen LogP contribution in [0.4, 0.5) is 5.69 Å². The molecule has 5 rings (SSSR count). The van der Waals surface area contributed by atoms with Crippen LogP contribution in [0.25, 0.3) is 17.0 Å². The zero-order valence-electron chi connectivity index (χ0n) is 18.0. The molecule has 170 valence electrons. The Morgan fingerprint density at radius 2 is 1.97 bits per heavy atom. The number of hydrogen-bond donors (Lipinski definition) is 2. The highest BCUT2D eigenvalue weighted by Gasteiger charge is 2.24. The van der Waals surface area contributed by atoms with Gasteiger partial charge in [-0.1, -0.05) is 18.2 Å². The van der Waals surface area contributed by atoms with Crippen LogP contribution in [0.3, 0.4) is 0 Å². The summed E-state index contributed by atoms with van der Waals surface area (Å²) in [5.74, 6) is -0.162. The van der Waals surface area contributed by atoms with Crippen molar-refractivity contribution in [2.45, 2.75) is 6.54 Å². The molecule has 0 unspecified atom stereocenters. The number of amidine groups is 1. The molecule has 1 aliphatic heterocycles. The molecular formula is C25H19N3O5S. The van der Waals surface area contributed by atoms with Crippen molar-refractivity contribution in [2.24, 2.45) is 4.99 Å². The molecule has 1 aliphatic rings. The van der Waals surface area contributed by atoms with E-state index in [-0.39, 0.29) is 11.7 Å². The quantitative estimate of drug-likeness (QED) is 0.387. The topological polar surface area (TPSA) is 106 Å². The number of methoxy groups -OCH3 is 1. The third-order valence-corrected chi connectivity index (χ3v) is 6.17. The number of carboxylic acid groups (broad SMARTS) is 1. The molecular weight excluding hydrogens is 454 g/mol. The number of amides is 1. The van der Waals surface area contributed by atoms with Gasteiger partial charge < -0.3 is 24.1 Å². The highest BCUT2D eigenvalue weighted by atomic mass is 32.2. The van der Waals surface area contributed by atoms with Gasteiger partial charge in [0.15, 0.2) is 5.17 Å². The van der Waals surface area contributed by atoms with E-state index in [4.69, 9.17) is 14.3 Å². The van der Waals surface area contributed by atoms with Crippen molar-refractivity contribution < 1.29 is 23.8 Å². The predicted molar refractivity (Wildman–Crippen MR) is 131 cm³/mol. The number of rotatable bonds is 6. The number of carbonyl (C=O) groups excluding carboxylic acids is 1. The van der Waals surface area contributed by atoms with Gasteiger partial charge in [-0.2, -0.15) is 0 Å². The van der Waals surface area contributed by atoms with Gasteiger partial charge in [0, 0.05) is 22.7 Å². The molecule has 34 heavy (non-hydrogen) atoms. The Bertz CT molecular complexity index is 1460. The average molecular weight is 474 g/mol. The maximum absolute atomic E-state index is 12.6. The van der Waals surface area contributed by atoms with Crippen LogP contribution in [0.2, 0.25) is 0 Å². The summed E-state index contributed by atoms with van der Waals surface area (Å²) in [7, 11) is 1.60. The van der Waals surface area contributed by atoms with E-state index in [9.17, 15) is 9.59 Å². The van der Waals surface area contributed by atoms with Gasteiger partial charge in [-0.15, -0.1) is 0 Å². The molecule has 0 atom stereocenters. The number of para-hydroxylation sites is 1. The summed E-state index contributed by atoms with van der Waals surface area (Å²) in [5, 5.41) is 13.4. The van der Waals surface area contributed by atoms with Gasteiger partial charge in [0.05, 0.1) is 24.2 Å². The summed E-state index contributed by atoms with van der Waals surface area (Å²) in [6.07, 6.45) is 3.76. The molecule has 0 radical (unpaired) electrons. The van der Waals surface area contributed by atoms with E-state index in [0.717, 1.165) is 22.2 Å². The summed E-state index contributed by atoms with van der Waals surface area (Å²) in [6.45, 7) is 0.362. The zero-order chi connectivity index (χ0) is 23.7. The molecule has 0 spiro atoms. The first-order chi connectivity index (χ1) is 16.5. The second kappa shape index (κ2) is 8.95. The molecule has 0 aliphatic carbocycles. The number of ether oxygens (including phenoxy) is 1. The summed E-state index contributed by atoms with van der Waals surface area (Å²) < 4.78 is 12.5. The Kier molecular flexibility index (Phi) is 5.69. The lowest BCUT2D eigenvalue weighted by molar-refractivity contribution is -0.115. The molecule has 8 nitrogen and oxygen atoms in total. The average Bonchev–Trinajstić information content (AvgIpc) is 3.54. The van der Waals surface area contributed by atoms with Crippen LogP contribution in [0.1, 0.15) is 21.9 Å². The van der Waals surface area contributed by atoms with Gasteiger partial charge in [-0.3, -0.25) is 4.79 Å². The van der Waals surface area contributed by atoms with Crippen LogP contribution < -0.4 is 10.1 Å². The van der Waals surface area contributed by atoms with Crippen LogP contribution in [-0.4, -0.2) is 33.8 Å². The lowest BCUT2D eigenvalue weighted by atomic mass is 10.1. The molecule has 0 bridgehead atoms. The van der Waals surface area contributed by atoms with Gasteiger partial charge in [0.2, 0.25) is 5.76 Å². The lowest BCUT2D eigenvalue weighted by Gasteiger charge is -2.02. The number of nitrogens with zero attached hydrogens (tertiary/aromatic N) is 2. The first kappa shape index (κ1) is 21.6. The Morgan fingerprint density at radius 3 is 2.71 bits per heavy atom. The van der Waals surface area contributed by atoms with E-state index in [1.54, 1.807) is 13.2 Å². The van der Waals surface area contributed by atoms with Crippen molar-refractivity contribution in [1.29, 1.82) is 0 Å². The summed E-state index contributed by atoms with van der Waals surface area (Å²) in [5.41, 5.74) is 2.52. The summed E-state index contributed by atoms with van der Waals surface area (Å²) in [4.78, 5) is 28.7. The standard InChI is InChI=1S/C25H19N3O5S/c1-32-17-8-6-16(7-9-17)26-25-27-23(29)22(34-25)12-15-13-28(20-5-3-2-4-19(15)20)14-18-10-11-21(33-18)24(30)31/h2-13H,14H2,1H3,(H,30,31)(H,26,27,29). The van der Waals surface area contributed by atoms with Crippen molar-refractivity contribution in [3.63, 3.8) is 0 Å². The molecule has 1 amide bonds. The van der Waals surface area contributed by atoms with E-state index < -0.39 is 5.97 Å². The number of thioether (sulfide) groups is 1. The molecule has 2 N–H and O–H groups in total. The molecule has 2 aromatic carbocycles. The fourth-order valence-corrected chi connectivity index (χ4v) is 4.50. The van der Waals surface area contributed by atoms with Crippen molar-refractivity contribution in [3.8, 4) is 5.75 Å². The molecule has 4 aromatic rings. The Morgan fingerprint density at radius 1 is 1.18 bits per heavy atom. The molecule has 1 saturated heterocycles. The Balaban J connectivity index is 1.43. The molecule has 2 aromatic heterocycles. The first-order valence-electron chi connectivity index (χ1n) is 10.3. The van der Waals surface area contributed by atoms with E-state index in [1.165, 1.54) is 17.8 Å². The number of benzene rings is 2. The predicted octanol–water partition coefficient (Wildman–Crippen LogP) is 4.88. The van der Waals surface area contributed by atoms with E-state index in [2.05, 4.69) is 10.3 Å². The molecule has 0 saturated carbocycles. The normalized spacial score (nSPS) is 15.9. The number of fused-ring (bicyclic) bond motifs is 1. The third kappa shape index (κ3) is 4.33. The van der Waals surface area contributed by atoms with Crippen molar-refractivity contribution in [1.82, 2.24) is 9.88 Å². The number of nitrogens with one attached hydrogen (secondary N) is 1. The lowest BCUT2D eigenvalue weighted by Crippen LogP contribution is -2.19. The molecule has 3 heterocycles. The minimum absolute atomic E-state index is 0.100. The second-order valence-electron chi connectivity index (χ2n) is 7.48. The second-order valence-corrected chi connectivity index (χ2v) is 8.51. The van der Waals surface area contributed by atoms with Crippen LogP contribution in [-0.2, 0) is 11.3 Å². The monoisotopic (exact) mass is 473 g/mol. The highest BCUT2D eigenvalue weighted by molar-refractivity contribution is 8.18. The van der Waals surface area contributed by atoms with Crippen LogP contribution in [0.15, 0.2) is 81.2 Å². The minimum atomic E-state index is -1.11. The van der Waals surface area contributed by atoms with Crippen molar-refractivity contribution in [2.75, 3.05) is 7.11 Å². The maximum atomic E-state index is 12.6. The van der Waals surface area contributed by atoms with Gasteiger partial charge in [-0.25, -0.2) is 9.79 Å². The van der Waals surface area contributed by atoms with Crippen molar-refractivity contribution >= 4 is 51.5 Å². The Hall–Kier alpha value is -4.24. The zero-order valence-corrected chi connectivity index (χ0v) is 18.8. The number of hydrogen-bond acceptors (Lipinski definition) is 6. The number of carboxylic acids is 1. The van der Waals surface area contributed by atoms with E-state index >= 15 is 0 Å². The SMILES string of the molecule is COc1ccc(N=C2NC(=O)C(=Cc3cn(Cc4ccc(C(=O)O)o4)c4ccccc34)S2)cc1. The number of carbonyl (C=O) groups is 2. The third-order valence-electron chi connectivity index (χ3n) is 5.26. The maximum Gasteiger partial charge on any atom is 0.371 e. The fraction of sp³-hybridized carbons (Fsp3) is 0.0800. The van der Waals surface area contributed by atoms with Crippen LogP contribution >= 0.6 is 11.8 Å². The fourth-order valence-electron chi connectivity index (χ4n) is 3.66. The number of aromatic carboxylic acids is 1. The van der Waals surface area contributed by atoms with Gasteiger partial charge in [0.25, 0.3) is 5.91 Å². The number of aromatic nitrogens is 1. The summed E-state index contributed by atoms with van der Waals surface area (Å²) >= 11 is 1.27. The van der Waals surface area contributed by atoms with Crippen LogP contribution in [0.5, 0.6) is 5.75 Å². The van der Waals surface area contributed by atoms with Gasteiger partial charge in [-0.05, 0) is 60.3 Å².